The Labute approximate surface area is 232 Å². The monoisotopic (exact) mass is 508 g/mol. The fraction of sp³-hybridized carbons (Fsp3) is 0. The zero-order valence-electron chi connectivity index (χ0n) is 21.8. The fourth-order valence-electron chi connectivity index (χ4n) is 6.17. The van der Waals surface area contributed by atoms with Gasteiger partial charge in [-0.15, -0.1) is 0 Å². The number of fused-ring (bicyclic) bond motifs is 5. The van der Waals surface area contributed by atoms with Crippen molar-refractivity contribution in [1.29, 1.82) is 0 Å². The largest absolute Gasteiger partial charge is 0.255 e. The number of rotatable bonds is 3. The van der Waals surface area contributed by atoms with Crippen molar-refractivity contribution in [3.8, 4) is 33.6 Å². The van der Waals surface area contributed by atoms with Gasteiger partial charge in [0.05, 0.1) is 16.9 Å². The second kappa shape index (κ2) is 9.14. The van der Waals surface area contributed by atoms with Gasteiger partial charge >= 0.3 is 0 Å². The summed E-state index contributed by atoms with van der Waals surface area (Å²) >= 11 is 0. The summed E-state index contributed by atoms with van der Waals surface area (Å²) in [6.07, 6.45) is 1.92. The van der Waals surface area contributed by atoms with Gasteiger partial charge in [-0.05, 0) is 67.4 Å². The van der Waals surface area contributed by atoms with E-state index in [2.05, 4.69) is 133 Å². The molecule has 0 aliphatic rings. The van der Waals surface area contributed by atoms with Crippen LogP contribution in [0.15, 0.2) is 146 Å². The topological polar surface area (TPSA) is 25.8 Å². The van der Waals surface area contributed by atoms with E-state index in [9.17, 15) is 0 Å². The Morgan fingerprint density at radius 1 is 0.375 bits per heavy atom. The molecule has 40 heavy (non-hydrogen) atoms. The molecule has 0 aliphatic heterocycles. The van der Waals surface area contributed by atoms with Gasteiger partial charge in [-0.1, -0.05) is 121 Å². The van der Waals surface area contributed by atoms with Gasteiger partial charge in [0.15, 0.2) is 0 Å². The van der Waals surface area contributed by atoms with E-state index in [4.69, 9.17) is 9.97 Å². The summed E-state index contributed by atoms with van der Waals surface area (Å²) in [6.45, 7) is 0. The van der Waals surface area contributed by atoms with Crippen molar-refractivity contribution in [3.63, 3.8) is 0 Å². The average Bonchev–Trinajstić information content (AvgIpc) is 3.03. The van der Waals surface area contributed by atoms with Crippen molar-refractivity contribution in [2.24, 2.45) is 0 Å². The Hall–Kier alpha value is -5.34. The van der Waals surface area contributed by atoms with Crippen molar-refractivity contribution < 1.29 is 0 Å². The fourth-order valence-corrected chi connectivity index (χ4v) is 6.17. The van der Waals surface area contributed by atoms with Crippen LogP contribution in [0.1, 0.15) is 0 Å². The third kappa shape index (κ3) is 3.50. The first-order valence-electron chi connectivity index (χ1n) is 13.6. The average molecular weight is 509 g/mol. The predicted octanol–water partition coefficient (Wildman–Crippen LogP) is 10.1. The van der Waals surface area contributed by atoms with Crippen LogP contribution in [0.3, 0.4) is 0 Å². The van der Waals surface area contributed by atoms with Crippen molar-refractivity contribution in [2.45, 2.75) is 0 Å². The second-order valence-corrected chi connectivity index (χ2v) is 10.2. The van der Waals surface area contributed by atoms with Gasteiger partial charge in [0.25, 0.3) is 0 Å². The lowest BCUT2D eigenvalue weighted by atomic mass is 9.86. The molecule has 0 saturated heterocycles. The van der Waals surface area contributed by atoms with Gasteiger partial charge in [-0.25, -0.2) is 4.98 Å². The third-order valence-corrected chi connectivity index (χ3v) is 7.89. The SMILES string of the molecule is c1ccc(-c2c3ccccc3c(-c3ccnc(-c4nc5ccccc5c5ccccc45)c3)c3ccccc23)cc1. The molecule has 2 heteroatoms. The number of pyridine rings is 2. The highest BCUT2D eigenvalue weighted by Gasteiger charge is 2.18. The second-order valence-electron chi connectivity index (χ2n) is 10.2. The first-order valence-corrected chi connectivity index (χ1v) is 13.6. The van der Waals surface area contributed by atoms with E-state index in [0.717, 1.165) is 33.2 Å². The van der Waals surface area contributed by atoms with Crippen LogP contribution < -0.4 is 0 Å². The van der Waals surface area contributed by atoms with Crippen molar-refractivity contribution in [2.75, 3.05) is 0 Å². The van der Waals surface area contributed by atoms with Gasteiger partial charge in [0.2, 0.25) is 0 Å². The molecule has 0 unspecified atom stereocenters. The summed E-state index contributed by atoms with van der Waals surface area (Å²) in [7, 11) is 0. The van der Waals surface area contributed by atoms with Crippen LogP contribution in [0.4, 0.5) is 0 Å². The van der Waals surface area contributed by atoms with Crippen LogP contribution in [-0.2, 0) is 0 Å². The maximum atomic E-state index is 5.12. The summed E-state index contributed by atoms with van der Waals surface area (Å²) in [4.78, 5) is 9.98. The molecule has 2 nitrogen and oxygen atoms in total. The van der Waals surface area contributed by atoms with E-state index in [-0.39, 0.29) is 0 Å². The molecule has 0 saturated carbocycles. The number of aromatic nitrogens is 2. The molecule has 0 radical (unpaired) electrons. The van der Waals surface area contributed by atoms with E-state index in [1.54, 1.807) is 0 Å². The van der Waals surface area contributed by atoms with Crippen molar-refractivity contribution in [3.05, 3.63) is 146 Å². The van der Waals surface area contributed by atoms with Gasteiger partial charge in [-0.2, -0.15) is 0 Å². The summed E-state index contributed by atoms with van der Waals surface area (Å²) in [5.74, 6) is 0. The molecular weight excluding hydrogens is 484 g/mol. The number of benzene rings is 6. The maximum absolute atomic E-state index is 5.12. The minimum atomic E-state index is 0.875. The van der Waals surface area contributed by atoms with E-state index in [1.807, 2.05) is 12.3 Å². The number of hydrogen-bond donors (Lipinski definition) is 0. The molecule has 0 N–H and O–H groups in total. The van der Waals surface area contributed by atoms with Crippen LogP contribution >= 0.6 is 0 Å². The Balaban J connectivity index is 1.43. The van der Waals surface area contributed by atoms with Gasteiger partial charge < -0.3 is 0 Å². The molecule has 0 spiro atoms. The Bertz CT molecular complexity index is 2160. The molecule has 2 heterocycles. The lowest BCUT2D eigenvalue weighted by Crippen LogP contribution is -1.94. The summed E-state index contributed by atoms with van der Waals surface area (Å²) < 4.78 is 0. The van der Waals surface area contributed by atoms with Crippen molar-refractivity contribution >= 4 is 43.2 Å². The zero-order valence-corrected chi connectivity index (χ0v) is 21.8. The minimum Gasteiger partial charge on any atom is -0.255 e. The van der Waals surface area contributed by atoms with E-state index in [1.165, 1.54) is 43.6 Å². The Kier molecular flexibility index (Phi) is 5.17. The number of para-hydroxylation sites is 1. The van der Waals surface area contributed by atoms with Crippen LogP contribution in [-0.4, -0.2) is 9.97 Å². The summed E-state index contributed by atoms with van der Waals surface area (Å²) in [5.41, 5.74) is 7.61. The molecule has 2 aromatic heterocycles. The number of hydrogen-bond acceptors (Lipinski definition) is 2. The standard InChI is InChI=1S/C38H24N2/c1-2-12-25(13-3-1)36-29-16-5-7-18-31(29)37(32-19-8-6-17-30(32)36)26-22-23-39-35(24-26)38-33-20-9-4-14-27(33)28-15-10-11-21-34(28)40-38/h1-24H. The molecule has 0 bridgehead atoms. The highest BCUT2D eigenvalue weighted by atomic mass is 14.8. The minimum absolute atomic E-state index is 0.875. The lowest BCUT2D eigenvalue weighted by molar-refractivity contribution is 1.29. The van der Waals surface area contributed by atoms with E-state index >= 15 is 0 Å². The molecule has 8 aromatic rings. The number of nitrogens with zero attached hydrogens (tertiary/aromatic N) is 2. The molecule has 0 atom stereocenters. The molecule has 186 valence electrons. The maximum Gasteiger partial charge on any atom is 0.0972 e. The van der Waals surface area contributed by atoms with E-state index < -0.39 is 0 Å². The molecule has 6 aromatic carbocycles. The molecule has 8 rings (SSSR count). The summed E-state index contributed by atoms with van der Waals surface area (Å²) in [5, 5.41) is 8.41. The zero-order chi connectivity index (χ0) is 26.5. The molecule has 0 fully saturated rings. The Morgan fingerprint density at radius 3 is 1.52 bits per heavy atom. The van der Waals surface area contributed by atoms with E-state index in [0.29, 0.717) is 0 Å². The Morgan fingerprint density at radius 2 is 0.875 bits per heavy atom. The first kappa shape index (κ1) is 22.6. The molecule has 0 aliphatic carbocycles. The van der Waals surface area contributed by atoms with Crippen LogP contribution in [0.2, 0.25) is 0 Å². The van der Waals surface area contributed by atoms with Gasteiger partial charge in [-0.3, -0.25) is 4.98 Å². The highest BCUT2D eigenvalue weighted by Crippen LogP contribution is 2.44. The van der Waals surface area contributed by atoms with Crippen LogP contribution in [0.5, 0.6) is 0 Å². The predicted molar refractivity (Wildman–Crippen MR) is 168 cm³/mol. The molecular formula is C38H24N2. The first-order chi connectivity index (χ1) is 19.9. The van der Waals surface area contributed by atoms with Crippen molar-refractivity contribution in [1.82, 2.24) is 9.97 Å². The lowest BCUT2D eigenvalue weighted by Gasteiger charge is -2.18. The smallest absolute Gasteiger partial charge is 0.0972 e. The highest BCUT2D eigenvalue weighted by molar-refractivity contribution is 6.21. The normalized spacial score (nSPS) is 11.5. The van der Waals surface area contributed by atoms with Crippen LogP contribution in [0, 0.1) is 0 Å². The van der Waals surface area contributed by atoms with Gasteiger partial charge in [0.1, 0.15) is 0 Å². The van der Waals surface area contributed by atoms with Crippen LogP contribution in [0.25, 0.3) is 76.9 Å². The summed E-state index contributed by atoms with van der Waals surface area (Å²) in [6, 6.07) is 49.4. The van der Waals surface area contributed by atoms with Gasteiger partial charge in [0, 0.05) is 17.0 Å². The third-order valence-electron chi connectivity index (χ3n) is 7.89. The molecule has 0 amide bonds. The quantitative estimate of drug-likeness (QED) is 0.175.